The lowest BCUT2D eigenvalue weighted by Crippen LogP contribution is -2.49. The highest BCUT2D eigenvalue weighted by molar-refractivity contribution is 6.39. The highest BCUT2D eigenvalue weighted by Gasteiger charge is 2.31. The summed E-state index contributed by atoms with van der Waals surface area (Å²) in [7, 11) is 1.99. The first-order chi connectivity index (χ1) is 17.5. The third-order valence-electron chi connectivity index (χ3n) is 6.05. The molecular weight excluding hydrogens is 480 g/mol. The van der Waals surface area contributed by atoms with Crippen molar-refractivity contribution in [3.05, 3.63) is 83.4 Å². The van der Waals surface area contributed by atoms with Crippen molar-refractivity contribution < 1.29 is 18.7 Å². The van der Waals surface area contributed by atoms with Crippen LogP contribution in [0.5, 0.6) is 0 Å². The molecule has 1 aliphatic heterocycles. The van der Waals surface area contributed by atoms with Crippen LogP contribution in [-0.4, -0.2) is 54.5 Å². The SMILES string of the molecule is CN1CCOC(C(NC(=O)C(=O)Nc2cccc(-c3nc4ccccc4o3)c2)c2ccc(Cl)cc2)C1. The molecule has 2 amide bonds. The molecule has 36 heavy (non-hydrogen) atoms. The molecule has 2 N–H and O–H groups in total. The van der Waals surface area contributed by atoms with E-state index in [1.54, 1.807) is 30.3 Å². The van der Waals surface area contributed by atoms with E-state index >= 15 is 0 Å². The summed E-state index contributed by atoms with van der Waals surface area (Å²) in [5.74, 6) is -1.12. The lowest BCUT2D eigenvalue weighted by molar-refractivity contribution is -0.138. The van der Waals surface area contributed by atoms with Gasteiger partial charge >= 0.3 is 11.8 Å². The molecule has 1 aromatic heterocycles. The summed E-state index contributed by atoms with van der Waals surface area (Å²) in [6.07, 6.45) is -0.316. The fraction of sp³-hybridized carbons (Fsp3) is 0.222. The number of benzene rings is 3. The predicted octanol–water partition coefficient (Wildman–Crippen LogP) is 4.27. The van der Waals surface area contributed by atoms with Crippen LogP contribution in [0.4, 0.5) is 5.69 Å². The molecule has 1 fully saturated rings. The Hall–Kier alpha value is -3.72. The van der Waals surface area contributed by atoms with Crippen LogP contribution in [0.1, 0.15) is 11.6 Å². The molecule has 2 atom stereocenters. The Morgan fingerprint density at radius 3 is 2.64 bits per heavy atom. The Morgan fingerprint density at radius 2 is 1.86 bits per heavy atom. The molecule has 0 aliphatic carbocycles. The van der Waals surface area contributed by atoms with Gasteiger partial charge in [-0.25, -0.2) is 4.98 Å². The van der Waals surface area contributed by atoms with Gasteiger partial charge in [0, 0.05) is 29.4 Å². The van der Waals surface area contributed by atoms with Gasteiger partial charge in [-0.2, -0.15) is 0 Å². The molecule has 1 aliphatic rings. The van der Waals surface area contributed by atoms with Gasteiger partial charge in [0.2, 0.25) is 5.89 Å². The van der Waals surface area contributed by atoms with Crippen molar-refractivity contribution in [1.82, 2.24) is 15.2 Å². The van der Waals surface area contributed by atoms with Gasteiger partial charge in [0.1, 0.15) is 5.52 Å². The average molecular weight is 505 g/mol. The second kappa shape index (κ2) is 10.5. The summed E-state index contributed by atoms with van der Waals surface area (Å²) in [5.41, 5.74) is 3.35. The van der Waals surface area contributed by atoms with Crippen molar-refractivity contribution in [2.45, 2.75) is 12.1 Å². The quantitative estimate of drug-likeness (QED) is 0.394. The normalized spacial score (nSPS) is 17.0. The topological polar surface area (TPSA) is 96.7 Å². The van der Waals surface area contributed by atoms with Crippen molar-refractivity contribution in [3.63, 3.8) is 0 Å². The standard InChI is InChI=1S/C27H25ClN4O4/c1-32-13-14-35-23(16-32)24(17-9-11-19(28)12-10-17)31-26(34)25(33)29-20-6-4-5-18(15-20)27-30-21-7-2-3-8-22(21)36-27/h2-12,15,23-24H,13-14,16H2,1H3,(H,29,33)(H,31,34). The fourth-order valence-electron chi connectivity index (χ4n) is 4.19. The molecule has 184 valence electrons. The molecule has 4 aromatic rings. The van der Waals surface area contributed by atoms with Crippen molar-refractivity contribution >= 4 is 40.2 Å². The molecule has 0 radical (unpaired) electrons. The lowest BCUT2D eigenvalue weighted by atomic mass is 10.00. The van der Waals surface area contributed by atoms with Crippen LogP contribution >= 0.6 is 11.6 Å². The van der Waals surface area contributed by atoms with Crippen LogP contribution < -0.4 is 10.6 Å². The molecule has 8 nitrogen and oxygen atoms in total. The molecule has 1 saturated heterocycles. The number of ether oxygens (including phenoxy) is 1. The molecule has 2 heterocycles. The zero-order valence-corrected chi connectivity index (χ0v) is 20.4. The monoisotopic (exact) mass is 504 g/mol. The van der Waals surface area contributed by atoms with E-state index in [0.717, 1.165) is 17.6 Å². The Kier molecular flexibility index (Phi) is 6.99. The van der Waals surface area contributed by atoms with Crippen molar-refractivity contribution in [2.75, 3.05) is 32.1 Å². The third-order valence-corrected chi connectivity index (χ3v) is 6.30. The number of amides is 2. The van der Waals surface area contributed by atoms with Gasteiger partial charge in [0.05, 0.1) is 18.8 Å². The average Bonchev–Trinajstić information content (AvgIpc) is 3.32. The third kappa shape index (κ3) is 5.41. The van der Waals surface area contributed by atoms with E-state index in [2.05, 4.69) is 20.5 Å². The number of likely N-dealkylation sites (N-methyl/N-ethyl adjacent to an activating group) is 1. The summed E-state index contributed by atoms with van der Waals surface area (Å²) in [6.45, 7) is 1.95. The maximum Gasteiger partial charge on any atom is 0.313 e. The lowest BCUT2D eigenvalue weighted by Gasteiger charge is -2.35. The summed E-state index contributed by atoms with van der Waals surface area (Å²) in [6, 6.07) is 21.1. The molecular formula is C27H25ClN4O4. The molecule has 5 rings (SSSR count). The molecule has 0 spiro atoms. The maximum absolute atomic E-state index is 12.9. The van der Waals surface area contributed by atoms with Crippen molar-refractivity contribution in [1.29, 1.82) is 0 Å². The van der Waals surface area contributed by atoms with Crippen LogP contribution in [0, 0.1) is 0 Å². The number of aromatic nitrogens is 1. The van der Waals surface area contributed by atoms with E-state index in [0.29, 0.717) is 40.9 Å². The van der Waals surface area contributed by atoms with E-state index in [1.165, 1.54) is 0 Å². The van der Waals surface area contributed by atoms with E-state index < -0.39 is 17.9 Å². The highest BCUT2D eigenvalue weighted by Crippen LogP contribution is 2.27. The zero-order chi connectivity index (χ0) is 25.1. The number of carbonyl (C=O) groups excluding carboxylic acids is 2. The second-order valence-electron chi connectivity index (χ2n) is 8.70. The zero-order valence-electron chi connectivity index (χ0n) is 19.6. The van der Waals surface area contributed by atoms with E-state index in [9.17, 15) is 9.59 Å². The van der Waals surface area contributed by atoms with E-state index in [4.69, 9.17) is 20.8 Å². The minimum Gasteiger partial charge on any atom is -0.436 e. The van der Waals surface area contributed by atoms with Gasteiger partial charge in [-0.3, -0.25) is 9.59 Å². The van der Waals surface area contributed by atoms with E-state index in [-0.39, 0.29) is 6.10 Å². The Bertz CT molecular complexity index is 1360. The fourth-order valence-corrected chi connectivity index (χ4v) is 4.32. The molecule has 2 unspecified atom stereocenters. The Balaban J connectivity index is 1.31. The van der Waals surface area contributed by atoms with Gasteiger partial charge in [-0.15, -0.1) is 0 Å². The summed E-state index contributed by atoms with van der Waals surface area (Å²) < 4.78 is 11.8. The van der Waals surface area contributed by atoms with Crippen LogP contribution in [0.15, 0.2) is 77.2 Å². The smallest absolute Gasteiger partial charge is 0.313 e. The molecule has 9 heteroatoms. The van der Waals surface area contributed by atoms with Crippen molar-refractivity contribution in [2.24, 2.45) is 0 Å². The summed E-state index contributed by atoms with van der Waals surface area (Å²) >= 11 is 6.05. The number of fused-ring (bicyclic) bond motifs is 1. The Labute approximate surface area is 213 Å². The largest absolute Gasteiger partial charge is 0.436 e. The number of hydrogen-bond acceptors (Lipinski definition) is 6. The first-order valence-corrected chi connectivity index (χ1v) is 12.0. The van der Waals surface area contributed by atoms with Crippen LogP contribution in [0.3, 0.4) is 0 Å². The predicted molar refractivity (Wildman–Crippen MR) is 138 cm³/mol. The number of rotatable bonds is 5. The number of carbonyl (C=O) groups is 2. The first kappa shape index (κ1) is 24.0. The second-order valence-corrected chi connectivity index (χ2v) is 9.13. The number of hydrogen-bond donors (Lipinski definition) is 2. The van der Waals surface area contributed by atoms with E-state index in [1.807, 2.05) is 49.5 Å². The maximum atomic E-state index is 12.9. The minimum absolute atomic E-state index is 0.316. The number of nitrogens with zero attached hydrogens (tertiary/aromatic N) is 2. The van der Waals surface area contributed by atoms with Crippen LogP contribution in [0.25, 0.3) is 22.6 Å². The number of oxazole rings is 1. The van der Waals surface area contributed by atoms with Gasteiger partial charge in [-0.05, 0) is 55.1 Å². The van der Waals surface area contributed by atoms with Crippen LogP contribution in [-0.2, 0) is 14.3 Å². The number of nitrogens with one attached hydrogen (secondary N) is 2. The number of halogens is 1. The summed E-state index contributed by atoms with van der Waals surface area (Å²) in [5, 5.41) is 6.11. The minimum atomic E-state index is -0.784. The number of anilines is 1. The molecule has 0 saturated carbocycles. The van der Waals surface area contributed by atoms with Gasteiger partial charge in [-0.1, -0.05) is 41.9 Å². The highest BCUT2D eigenvalue weighted by atomic mass is 35.5. The molecule has 0 bridgehead atoms. The first-order valence-electron chi connectivity index (χ1n) is 11.6. The Morgan fingerprint density at radius 1 is 1.06 bits per heavy atom. The summed E-state index contributed by atoms with van der Waals surface area (Å²) in [4.78, 5) is 32.4. The van der Waals surface area contributed by atoms with Crippen LogP contribution in [0.2, 0.25) is 5.02 Å². The van der Waals surface area contributed by atoms with Gasteiger partial charge < -0.3 is 24.7 Å². The number of morpholine rings is 1. The number of para-hydroxylation sites is 2. The van der Waals surface area contributed by atoms with Gasteiger partial charge in [0.25, 0.3) is 0 Å². The van der Waals surface area contributed by atoms with Gasteiger partial charge in [0.15, 0.2) is 5.58 Å². The van der Waals surface area contributed by atoms with Crippen molar-refractivity contribution in [3.8, 4) is 11.5 Å². The molecule has 3 aromatic carbocycles.